The van der Waals surface area contributed by atoms with Crippen molar-refractivity contribution in [3.8, 4) is 0 Å². The summed E-state index contributed by atoms with van der Waals surface area (Å²) in [5, 5.41) is 6.78. The third-order valence-corrected chi connectivity index (χ3v) is 7.24. The minimum atomic E-state index is -2.87. The lowest BCUT2D eigenvalue weighted by atomic mass is 10.1. The number of thioether (sulfide) groups is 1. The van der Waals surface area contributed by atoms with Crippen molar-refractivity contribution in [2.75, 3.05) is 35.9 Å². The zero-order valence-corrected chi connectivity index (χ0v) is 14.4. The summed E-state index contributed by atoms with van der Waals surface area (Å²) in [5.74, 6) is 0.220. The van der Waals surface area contributed by atoms with Gasteiger partial charge in [0, 0.05) is 13.1 Å². The summed E-state index contributed by atoms with van der Waals surface area (Å²) in [7, 11) is -1.31. The molecular weight excluding hydrogens is 330 g/mol. The van der Waals surface area contributed by atoms with Crippen LogP contribution in [-0.2, 0) is 9.84 Å². The van der Waals surface area contributed by atoms with Gasteiger partial charge in [-0.2, -0.15) is 0 Å². The Hall–Kier alpha value is -0.930. The largest absolute Gasteiger partial charge is 0.396 e. The molecule has 0 saturated carbocycles. The number of carbonyl (C=O) groups is 1. The van der Waals surface area contributed by atoms with Crippen LogP contribution in [0, 0.1) is 0 Å². The molecule has 2 heterocycles. The van der Waals surface area contributed by atoms with Gasteiger partial charge < -0.3 is 16.4 Å². The molecule has 1 aromatic heterocycles. The lowest BCUT2D eigenvalue weighted by molar-refractivity contribution is 0.0968. The van der Waals surface area contributed by atoms with Gasteiger partial charge in [0.15, 0.2) is 0 Å². The van der Waals surface area contributed by atoms with E-state index in [1.54, 1.807) is 7.05 Å². The van der Waals surface area contributed by atoms with Gasteiger partial charge >= 0.3 is 0 Å². The third-order valence-electron chi connectivity index (χ3n) is 3.43. The van der Waals surface area contributed by atoms with Gasteiger partial charge in [0.2, 0.25) is 0 Å². The zero-order valence-electron chi connectivity index (χ0n) is 11.9. The second kappa shape index (κ2) is 6.45. The summed E-state index contributed by atoms with van der Waals surface area (Å²) < 4.78 is 22.9. The van der Waals surface area contributed by atoms with Crippen molar-refractivity contribution in [2.45, 2.75) is 23.8 Å². The normalized spacial score (nSPS) is 18.4. The van der Waals surface area contributed by atoms with Crippen molar-refractivity contribution in [1.29, 1.82) is 0 Å². The van der Waals surface area contributed by atoms with Gasteiger partial charge in [-0.3, -0.25) is 4.79 Å². The maximum Gasteiger partial charge on any atom is 0.263 e. The predicted molar refractivity (Wildman–Crippen MR) is 89.2 cm³/mol. The number of carbonyl (C=O) groups excluding carboxylic acids is 1. The summed E-state index contributed by atoms with van der Waals surface area (Å²) in [6.45, 7) is 0. The van der Waals surface area contributed by atoms with E-state index in [1.165, 1.54) is 23.1 Å². The molecule has 21 heavy (non-hydrogen) atoms. The maximum atomic E-state index is 11.8. The number of sulfone groups is 1. The summed E-state index contributed by atoms with van der Waals surface area (Å²) >= 11 is 2.80. The number of nitrogen functional groups attached to an aromatic ring is 1. The van der Waals surface area contributed by atoms with Crippen molar-refractivity contribution in [2.24, 2.45) is 0 Å². The van der Waals surface area contributed by atoms with Crippen LogP contribution in [0.2, 0.25) is 0 Å². The van der Waals surface area contributed by atoms with Gasteiger partial charge in [-0.15, -0.1) is 23.1 Å². The highest BCUT2D eigenvalue weighted by molar-refractivity contribution is 7.99. The molecule has 1 aliphatic rings. The van der Waals surface area contributed by atoms with E-state index in [0.29, 0.717) is 23.4 Å². The molecule has 0 atom stereocenters. The van der Waals surface area contributed by atoms with Crippen LogP contribution in [0.1, 0.15) is 22.5 Å². The number of hydrogen-bond donors (Lipinski definition) is 3. The molecule has 118 valence electrons. The van der Waals surface area contributed by atoms with Crippen LogP contribution in [0.5, 0.6) is 0 Å². The molecule has 0 unspecified atom stereocenters. The van der Waals surface area contributed by atoms with Crippen molar-refractivity contribution in [1.82, 2.24) is 5.32 Å². The molecule has 4 N–H and O–H groups in total. The lowest BCUT2D eigenvalue weighted by Gasteiger charge is -2.23. The van der Waals surface area contributed by atoms with Crippen molar-refractivity contribution < 1.29 is 13.2 Å². The molecule has 1 saturated heterocycles. The fourth-order valence-electron chi connectivity index (χ4n) is 2.23. The average Bonchev–Trinajstić information content (AvgIpc) is 2.76. The van der Waals surface area contributed by atoms with Gasteiger partial charge in [0.05, 0.1) is 22.1 Å². The van der Waals surface area contributed by atoms with Gasteiger partial charge in [-0.05, 0) is 19.1 Å². The SMILES string of the molecule is CNC(=O)c1sc(NC2CCS(=O)(=O)CC2)c(SC)c1N. The van der Waals surface area contributed by atoms with Crippen LogP contribution in [0.15, 0.2) is 4.90 Å². The van der Waals surface area contributed by atoms with Gasteiger partial charge in [0.1, 0.15) is 19.7 Å². The average molecular weight is 350 g/mol. The highest BCUT2D eigenvalue weighted by Gasteiger charge is 2.26. The Kier molecular flexibility index (Phi) is 5.05. The Morgan fingerprint density at radius 2 is 2.00 bits per heavy atom. The molecule has 0 spiro atoms. The second-order valence-corrected chi connectivity index (χ2v) is 9.00. The van der Waals surface area contributed by atoms with Crippen molar-refractivity contribution >= 4 is 49.5 Å². The Morgan fingerprint density at radius 1 is 1.38 bits per heavy atom. The second-order valence-electron chi connectivity index (χ2n) is 4.86. The number of amides is 1. The zero-order chi connectivity index (χ0) is 15.6. The number of nitrogens with two attached hydrogens (primary N) is 1. The van der Waals surface area contributed by atoms with E-state index < -0.39 is 9.84 Å². The van der Waals surface area contributed by atoms with Crippen molar-refractivity contribution in [3.63, 3.8) is 0 Å². The number of nitrogens with one attached hydrogen (secondary N) is 2. The Balaban J connectivity index is 2.18. The maximum absolute atomic E-state index is 11.8. The standard InChI is InChI=1S/C12H19N3O3S3/c1-14-11(16)9-8(13)10(19-2)12(20-9)15-7-3-5-21(17,18)6-4-7/h7,15H,3-6,13H2,1-2H3,(H,14,16). The molecule has 0 aromatic carbocycles. The van der Waals surface area contributed by atoms with Crippen LogP contribution in [0.4, 0.5) is 10.7 Å². The molecule has 0 radical (unpaired) electrons. The van der Waals surface area contributed by atoms with Gasteiger partial charge in [-0.25, -0.2) is 8.42 Å². The van der Waals surface area contributed by atoms with Crippen LogP contribution in [-0.4, -0.2) is 45.2 Å². The smallest absolute Gasteiger partial charge is 0.263 e. The van der Waals surface area contributed by atoms with E-state index in [4.69, 9.17) is 5.73 Å². The molecule has 6 nitrogen and oxygen atoms in total. The van der Waals surface area contributed by atoms with Gasteiger partial charge in [-0.1, -0.05) is 0 Å². The fourth-order valence-corrected chi connectivity index (χ4v) is 5.76. The number of thiophene rings is 1. The van der Waals surface area contributed by atoms with Crippen LogP contribution in [0.3, 0.4) is 0 Å². The van der Waals surface area contributed by atoms with Crippen molar-refractivity contribution in [3.05, 3.63) is 4.88 Å². The monoisotopic (exact) mass is 349 g/mol. The predicted octanol–water partition coefficient (Wildman–Crippen LogP) is 1.40. The number of rotatable bonds is 4. The summed E-state index contributed by atoms with van der Waals surface area (Å²) in [6, 6.07) is 0.106. The van der Waals surface area contributed by atoms with E-state index in [9.17, 15) is 13.2 Å². The molecule has 0 bridgehead atoms. The van der Waals surface area contributed by atoms with Crippen LogP contribution in [0.25, 0.3) is 0 Å². The quantitative estimate of drug-likeness (QED) is 0.710. The highest BCUT2D eigenvalue weighted by Crippen LogP contribution is 2.42. The summed E-state index contributed by atoms with van der Waals surface area (Å²) in [5.41, 5.74) is 6.52. The Labute approximate surface area is 132 Å². The minimum absolute atomic E-state index is 0.106. The first kappa shape index (κ1) is 16.4. The van der Waals surface area contributed by atoms with Crippen LogP contribution < -0.4 is 16.4 Å². The number of anilines is 2. The minimum Gasteiger partial charge on any atom is -0.396 e. The first-order chi connectivity index (χ1) is 9.88. The first-order valence-corrected chi connectivity index (χ1v) is 10.4. The highest BCUT2D eigenvalue weighted by atomic mass is 32.2. The Bertz CT molecular complexity index is 626. The molecule has 2 rings (SSSR count). The lowest BCUT2D eigenvalue weighted by Crippen LogP contribution is -2.31. The fraction of sp³-hybridized carbons (Fsp3) is 0.583. The number of hydrogen-bond acceptors (Lipinski definition) is 7. The summed E-state index contributed by atoms with van der Waals surface area (Å²) in [4.78, 5) is 13.1. The summed E-state index contributed by atoms with van der Waals surface area (Å²) in [6.07, 6.45) is 3.08. The van der Waals surface area contributed by atoms with E-state index in [2.05, 4.69) is 10.6 Å². The molecule has 1 aromatic rings. The van der Waals surface area contributed by atoms with Gasteiger partial charge in [0.25, 0.3) is 5.91 Å². The molecule has 9 heteroatoms. The molecular formula is C12H19N3O3S3. The Morgan fingerprint density at radius 3 is 2.52 bits per heavy atom. The van der Waals surface area contributed by atoms with Crippen LogP contribution >= 0.6 is 23.1 Å². The van der Waals surface area contributed by atoms with E-state index in [1.807, 2.05) is 6.26 Å². The third kappa shape index (κ3) is 3.64. The van der Waals surface area contributed by atoms with E-state index >= 15 is 0 Å². The topological polar surface area (TPSA) is 101 Å². The first-order valence-electron chi connectivity index (χ1n) is 6.53. The van der Waals surface area contributed by atoms with E-state index in [-0.39, 0.29) is 23.5 Å². The molecule has 1 amide bonds. The molecule has 0 aliphatic carbocycles. The molecule has 1 aliphatic heterocycles. The molecule has 1 fully saturated rings. The van der Waals surface area contributed by atoms with E-state index in [0.717, 1.165) is 9.90 Å².